The number of carbonyl (C=O) groups is 1. The van der Waals surface area contributed by atoms with Crippen molar-refractivity contribution in [2.45, 2.75) is 45.4 Å². The lowest BCUT2D eigenvalue weighted by Crippen LogP contribution is -2.51. The molecule has 26 heavy (non-hydrogen) atoms. The Morgan fingerprint density at radius 2 is 1.73 bits per heavy atom. The molecule has 4 aliphatic rings. The third-order valence-electron chi connectivity index (χ3n) is 7.04. The van der Waals surface area contributed by atoms with E-state index in [0.29, 0.717) is 11.0 Å². The van der Waals surface area contributed by atoms with Crippen LogP contribution in [0.4, 0.5) is 0 Å². The lowest BCUT2D eigenvalue weighted by atomic mass is 9.49. The highest BCUT2D eigenvalue weighted by Crippen LogP contribution is 2.59. The molecule has 2 aromatic rings. The molecule has 0 radical (unpaired) electrons. The number of nitrogens with one attached hydrogen (secondary N) is 1. The quantitative estimate of drug-likeness (QED) is 0.902. The largest absolute Gasteiger partial charge is 0.351 e. The fourth-order valence-electron chi connectivity index (χ4n) is 6.33. The molecule has 4 aliphatic carbocycles. The second-order valence-corrected chi connectivity index (χ2v) is 8.99. The Morgan fingerprint density at radius 1 is 1.12 bits per heavy atom. The average molecular weight is 349 g/mol. The maximum atomic E-state index is 12.8. The van der Waals surface area contributed by atoms with Crippen molar-refractivity contribution in [2.75, 3.05) is 6.54 Å². The van der Waals surface area contributed by atoms with Crippen molar-refractivity contribution in [1.82, 2.24) is 15.1 Å². The van der Waals surface area contributed by atoms with E-state index in [1.807, 2.05) is 41.9 Å². The zero-order valence-corrected chi connectivity index (χ0v) is 15.4. The fraction of sp³-hybridized carbons (Fsp3) is 0.545. The van der Waals surface area contributed by atoms with Crippen LogP contribution in [0, 0.1) is 30.1 Å². The zero-order valence-electron chi connectivity index (χ0n) is 15.4. The lowest BCUT2D eigenvalue weighted by molar-refractivity contribution is -0.0503. The third kappa shape index (κ3) is 2.67. The van der Waals surface area contributed by atoms with Gasteiger partial charge in [-0.05, 0) is 80.8 Å². The van der Waals surface area contributed by atoms with E-state index in [1.54, 1.807) is 6.20 Å². The summed E-state index contributed by atoms with van der Waals surface area (Å²) < 4.78 is 1.85. The fourth-order valence-corrected chi connectivity index (χ4v) is 6.33. The summed E-state index contributed by atoms with van der Waals surface area (Å²) in [5.41, 5.74) is 2.95. The van der Waals surface area contributed by atoms with E-state index in [2.05, 4.69) is 10.4 Å². The van der Waals surface area contributed by atoms with E-state index in [9.17, 15) is 4.79 Å². The van der Waals surface area contributed by atoms with Gasteiger partial charge in [0.1, 0.15) is 0 Å². The summed E-state index contributed by atoms with van der Waals surface area (Å²) >= 11 is 0. The minimum absolute atomic E-state index is 0.0282. The molecule has 6 rings (SSSR count). The number of nitrogens with zero attached hydrogens (tertiary/aromatic N) is 2. The number of para-hydroxylation sites is 1. The van der Waals surface area contributed by atoms with Crippen LogP contribution in [0.2, 0.25) is 0 Å². The van der Waals surface area contributed by atoms with Gasteiger partial charge in [0.25, 0.3) is 5.91 Å². The van der Waals surface area contributed by atoms with Crippen molar-refractivity contribution < 1.29 is 4.79 Å². The summed E-state index contributed by atoms with van der Waals surface area (Å²) in [6.45, 7) is 2.81. The molecular weight excluding hydrogens is 322 g/mol. The molecule has 1 aromatic carbocycles. The smallest absolute Gasteiger partial charge is 0.254 e. The standard InChI is InChI=1S/C22H27N3O/c1-15-20(13-24-25(15)19-5-3-2-4-6-19)21(26)23-14-22-10-16-7-17(11-22)9-18(8-16)12-22/h2-6,13,16-18H,7-12,14H2,1H3,(H,23,26). The Bertz CT molecular complexity index is 788. The maximum Gasteiger partial charge on any atom is 0.254 e. The molecule has 1 aromatic heterocycles. The molecule has 4 fully saturated rings. The highest BCUT2D eigenvalue weighted by atomic mass is 16.1. The van der Waals surface area contributed by atoms with Crippen LogP contribution in [0.3, 0.4) is 0 Å². The first-order chi connectivity index (χ1) is 12.6. The van der Waals surface area contributed by atoms with Gasteiger partial charge in [-0.3, -0.25) is 4.79 Å². The second kappa shape index (κ2) is 5.97. The second-order valence-electron chi connectivity index (χ2n) is 8.99. The van der Waals surface area contributed by atoms with E-state index in [1.165, 1.54) is 38.5 Å². The van der Waals surface area contributed by atoms with Crippen LogP contribution < -0.4 is 5.32 Å². The lowest BCUT2D eigenvalue weighted by Gasteiger charge is -2.56. The van der Waals surface area contributed by atoms with Crippen LogP contribution in [-0.4, -0.2) is 22.2 Å². The topological polar surface area (TPSA) is 46.9 Å². The number of rotatable bonds is 4. The minimum atomic E-state index is 0.0282. The molecule has 0 atom stereocenters. The molecule has 136 valence electrons. The van der Waals surface area contributed by atoms with Gasteiger partial charge in [-0.15, -0.1) is 0 Å². The SMILES string of the molecule is Cc1c(C(=O)NCC23CC4CC(CC(C4)C2)C3)cnn1-c1ccccc1. The molecule has 0 aliphatic heterocycles. The van der Waals surface area contributed by atoms with Crippen LogP contribution in [0.25, 0.3) is 5.69 Å². The van der Waals surface area contributed by atoms with Crippen molar-refractivity contribution in [3.63, 3.8) is 0 Å². The van der Waals surface area contributed by atoms with E-state index in [0.717, 1.165) is 35.7 Å². The van der Waals surface area contributed by atoms with Crippen LogP contribution in [-0.2, 0) is 0 Å². The van der Waals surface area contributed by atoms with Crippen molar-refractivity contribution in [2.24, 2.45) is 23.2 Å². The van der Waals surface area contributed by atoms with E-state index in [4.69, 9.17) is 0 Å². The molecule has 0 unspecified atom stereocenters. The van der Waals surface area contributed by atoms with Gasteiger partial charge in [-0.25, -0.2) is 4.68 Å². The van der Waals surface area contributed by atoms with Gasteiger partial charge in [0.2, 0.25) is 0 Å². The number of benzene rings is 1. The van der Waals surface area contributed by atoms with Crippen molar-refractivity contribution in [3.8, 4) is 5.69 Å². The molecule has 4 heteroatoms. The summed E-state index contributed by atoms with van der Waals surface area (Å²) in [5, 5.41) is 7.71. The molecular formula is C22H27N3O. The van der Waals surface area contributed by atoms with E-state index in [-0.39, 0.29) is 5.91 Å². The van der Waals surface area contributed by atoms with Crippen LogP contribution in [0.1, 0.15) is 54.6 Å². The summed E-state index contributed by atoms with van der Waals surface area (Å²) in [4.78, 5) is 12.8. The maximum absolute atomic E-state index is 12.8. The number of aromatic nitrogens is 2. The summed E-state index contributed by atoms with van der Waals surface area (Å²) in [7, 11) is 0. The summed E-state index contributed by atoms with van der Waals surface area (Å²) in [5.74, 6) is 2.78. The van der Waals surface area contributed by atoms with Gasteiger partial charge in [0.15, 0.2) is 0 Å². The van der Waals surface area contributed by atoms with Gasteiger partial charge in [0, 0.05) is 6.54 Å². The Balaban J connectivity index is 1.30. The van der Waals surface area contributed by atoms with Gasteiger partial charge in [-0.1, -0.05) is 18.2 Å². The minimum Gasteiger partial charge on any atom is -0.351 e. The van der Waals surface area contributed by atoms with Crippen molar-refractivity contribution in [1.29, 1.82) is 0 Å². The normalized spacial score (nSPS) is 32.0. The highest BCUT2D eigenvalue weighted by molar-refractivity contribution is 5.95. The molecule has 4 saturated carbocycles. The molecule has 0 spiro atoms. The number of hydrogen-bond donors (Lipinski definition) is 1. The van der Waals surface area contributed by atoms with Gasteiger partial charge < -0.3 is 5.32 Å². The Kier molecular flexibility index (Phi) is 3.70. The first-order valence-corrected chi connectivity index (χ1v) is 10.0. The Morgan fingerprint density at radius 3 is 2.35 bits per heavy atom. The van der Waals surface area contributed by atoms with E-state index < -0.39 is 0 Å². The average Bonchev–Trinajstić information content (AvgIpc) is 3.01. The number of hydrogen-bond acceptors (Lipinski definition) is 2. The highest BCUT2D eigenvalue weighted by Gasteiger charge is 2.50. The number of amides is 1. The zero-order chi connectivity index (χ0) is 17.7. The molecule has 1 amide bonds. The molecule has 4 bridgehead atoms. The predicted molar refractivity (Wildman–Crippen MR) is 101 cm³/mol. The molecule has 4 nitrogen and oxygen atoms in total. The van der Waals surface area contributed by atoms with E-state index >= 15 is 0 Å². The first kappa shape index (κ1) is 16.1. The van der Waals surface area contributed by atoms with Crippen molar-refractivity contribution in [3.05, 3.63) is 47.8 Å². The van der Waals surface area contributed by atoms with Crippen molar-refractivity contribution >= 4 is 5.91 Å². The summed E-state index contributed by atoms with van der Waals surface area (Å²) in [6, 6.07) is 9.99. The van der Waals surface area contributed by atoms with Crippen LogP contribution >= 0.6 is 0 Å². The monoisotopic (exact) mass is 349 g/mol. The molecule has 0 saturated heterocycles. The predicted octanol–water partition coefficient (Wildman–Crippen LogP) is 4.13. The number of carbonyl (C=O) groups excluding carboxylic acids is 1. The van der Waals surface area contributed by atoms with Gasteiger partial charge in [-0.2, -0.15) is 5.10 Å². The first-order valence-electron chi connectivity index (χ1n) is 10.0. The third-order valence-corrected chi connectivity index (χ3v) is 7.04. The Labute approximate surface area is 155 Å². The van der Waals surface area contributed by atoms with Gasteiger partial charge in [0.05, 0.1) is 23.1 Å². The van der Waals surface area contributed by atoms with Crippen LogP contribution in [0.5, 0.6) is 0 Å². The molecule has 1 N–H and O–H groups in total. The van der Waals surface area contributed by atoms with Gasteiger partial charge >= 0.3 is 0 Å². The molecule has 1 heterocycles. The van der Waals surface area contributed by atoms with Crippen LogP contribution in [0.15, 0.2) is 36.5 Å². The summed E-state index contributed by atoms with van der Waals surface area (Å²) in [6.07, 6.45) is 9.99. The Hall–Kier alpha value is -2.10.